The fraction of sp³-hybridized carbons (Fsp3) is 0.333. The number of fused-ring (bicyclic) bond motifs is 1. The maximum absolute atomic E-state index is 13.2. The van der Waals surface area contributed by atoms with Crippen LogP contribution in [0.5, 0.6) is 11.5 Å². The van der Waals surface area contributed by atoms with Crippen LogP contribution in [-0.2, 0) is 0 Å². The number of ether oxygens (including phenoxy) is 2. The monoisotopic (exact) mass is 347 g/mol. The minimum atomic E-state index is -3.68. The average molecular weight is 347 g/mol. The molecule has 0 saturated heterocycles. The van der Waals surface area contributed by atoms with Gasteiger partial charge >= 0.3 is 6.29 Å². The molecule has 8 nitrogen and oxygen atoms in total. The lowest BCUT2D eigenvalue weighted by Crippen LogP contribution is -2.26. The molecule has 1 fully saturated rings. The lowest BCUT2D eigenvalue weighted by atomic mass is 10.1. The van der Waals surface area contributed by atoms with Crippen LogP contribution in [0.1, 0.15) is 30.1 Å². The Balaban J connectivity index is 1.49. The van der Waals surface area contributed by atoms with E-state index in [-0.39, 0.29) is 23.2 Å². The number of halogens is 2. The third-order valence-corrected chi connectivity index (χ3v) is 4.14. The maximum atomic E-state index is 13.2. The standard InChI is InChI=1S/C15H11F2N5O3/c1-6-8(4-5-9-10(6)24-15(16,17)23-9)14-19-13(22-25-14)12-18-11(20-21-12)7-2-3-7/h4-5,7H,2-3H2,1H3,(H,18,20,21). The van der Waals surface area contributed by atoms with Crippen molar-refractivity contribution >= 4 is 0 Å². The zero-order valence-electron chi connectivity index (χ0n) is 12.9. The number of nitrogens with one attached hydrogen (secondary N) is 1. The Kier molecular flexibility index (Phi) is 2.72. The van der Waals surface area contributed by atoms with Crippen LogP contribution in [0.4, 0.5) is 8.78 Å². The molecule has 3 heterocycles. The van der Waals surface area contributed by atoms with E-state index in [1.807, 2.05) is 0 Å². The molecule has 1 aliphatic carbocycles. The number of benzene rings is 1. The topological polar surface area (TPSA) is 99.0 Å². The Morgan fingerprint density at radius 3 is 2.80 bits per heavy atom. The lowest BCUT2D eigenvalue weighted by Gasteiger charge is -2.06. The van der Waals surface area contributed by atoms with E-state index < -0.39 is 6.29 Å². The SMILES string of the molecule is Cc1c(-c2nc(-c3n[nH]c(C4CC4)n3)no2)ccc2c1OC(F)(F)O2. The first-order valence-corrected chi connectivity index (χ1v) is 7.66. The second-order valence-electron chi connectivity index (χ2n) is 5.97. The van der Waals surface area contributed by atoms with Crippen LogP contribution < -0.4 is 9.47 Å². The van der Waals surface area contributed by atoms with Gasteiger partial charge in [-0.1, -0.05) is 5.16 Å². The number of hydrogen-bond acceptors (Lipinski definition) is 7. The van der Waals surface area contributed by atoms with E-state index in [1.54, 1.807) is 13.0 Å². The van der Waals surface area contributed by atoms with Gasteiger partial charge in [-0.15, -0.1) is 13.9 Å². The highest BCUT2D eigenvalue weighted by Crippen LogP contribution is 2.46. The van der Waals surface area contributed by atoms with Crippen molar-refractivity contribution in [3.8, 4) is 34.6 Å². The molecule has 1 saturated carbocycles. The molecule has 2 aliphatic rings. The van der Waals surface area contributed by atoms with Crippen molar-refractivity contribution in [1.29, 1.82) is 0 Å². The summed E-state index contributed by atoms with van der Waals surface area (Å²) in [6.07, 6.45) is -1.50. The fourth-order valence-electron chi connectivity index (χ4n) is 2.71. The summed E-state index contributed by atoms with van der Waals surface area (Å²) in [6, 6.07) is 2.93. The zero-order chi connectivity index (χ0) is 17.2. The van der Waals surface area contributed by atoms with Crippen LogP contribution in [0.2, 0.25) is 0 Å². The van der Waals surface area contributed by atoms with Crippen LogP contribution in [-0.4, -0.2) is 31.6 Å². The van der Waals surface area contributed by atoms with Crippen LogP contribution >= 0.6 is 0 Å². The summed E-state index contributed by atoms with van der Waals surface area (Å²) in [4.78, 5) is 8.61. The average Bonchev–Trinajstić information content (AvgIpc) is 2.98. The van der Waals surface area contributed by atoms with E-state index in [1.165, 1.54) is 6.07 Å². The van der Waals surface area contributed by atoms with Gasteiger partial charge in [0, 0.05) is 17.0 Å². The Morgan fingerprint density at radius 2 is 2.00 bits per heavy atom. The third kappa shape index (κ3) is 2.32. The zero-order valence-corrected chi connectivity index (χ0v) is 12.9. The van der Waals surface area contributed by atoms with Crippen LogP contribution in [0.3, 0.4) is 0 Å². The van der Waals surface area contributed by atoms with E-state index in [0.717, 1.165) is 18.7 Å². The normalized spacial score (nSPS) is 17.9. The van der Waals surface area contributed by atoms with E-state index >= 15 is 0 Å². The molecule has 0 amide bonds. The molecule has 0 bridgehead atoms. The Hall–Kier alpha value is -3.04. The highest BCUT2D eigenvalue weighted by molar-refractivity contribution is 5.67. The molecule has 128 valence electrons. The lowest BCUT2D eigenvalue weighted by molar-refractivity contribution is -0.286. The minimum absolute atomic E-state index is 0.0333. The third-order valence-electron chi connectivity index (χ3n) is 4.14. The van der Waals surface area contributed by atoms with Crippen LogP contribution in [0.25, 0.3) is 23.1 Å². The van der Waals surface area contributed by atoms with Gasteiger partial charge in [0.25, 0.3) is 5.89 Å². The van der Waals surface area contributed by atoms with E-state index in [0.29, 0.717) is 22.9 Å². The molecule has 2 aromatic heterocycles. The summed E-state index contributed by atoms with van der Waals surface area (Å²) in [5.41, 5.74) is 0.885. The molecule has 0 radical (unpaired) electrons. The smallest absolute Gasteiger partial charge is 0.395 e. The van der Waals surface area contributed by atoms with Gasteiger partial charge < -0.3 is 14.0 Å². The first-order chi connectivity index (χ1) is 12.0. The van der Waals surface area contributed by atoms with Crippen molar-refractivity contribution in [3.63, 3.8) is 0 Å². The van der Waals surface area contributed by atoms with Gasteiger partial charge in [0.2, 0.25) is 11.6 Å². The van der Waals surface area contributed by atoms with Crippen molar-refractivity contribution < 1.29 is 22.8 Å². The van der Waals surface area contributed by atoms with Gasteiger partial charge in [0.05, 0.1) is 0 Å². The summed E-state index contributed by atoms with van der Waals surface area (Å²) in [5.74, 6) is 1.87. The van der Waals surface area contributed by atoms with Gasteiger partial charge in [-0.05, 0) is 31.9 Å². The first kappa shape index (κ1) is 14.3. The summed E-state index contributed by atoms with van der Waals surface area (Å²) >= 11 is 0. The quantitative estimate of drug-likeness (QED) is 0.777. The van der Waals surface area contributed by atoms with Crippen LogP contribution in [0.15, 0.2) is 16.7 Å². The van der Waals surface area contributed by atoms with Gasteiger partial charge in [-0.25, -0.2) is 4.98 Å². The Labute approximate surface area is 139 Å². The largest absolute Gasteiger partial charge is 0.586 e. The number of alkyl halides is 2. The summed E-state index contributed by atoms with van der Waals surface area (Å²) < 4.78 is 40.7. The minimum Gasteiger partial charge on any atom is -0.395 e. The van der Waals surface area contributed by atoms with Gasteiger partial charge in [-0.2, -0.15) is 4.98 Å². The van der Waals surface area contributed by atoms with Crippen molar-refractivity contribution in [2.24, 2.45) is 0 Å². The highest BCUT2D eigenvalue weighted by atomic mass is 19.3. The van der Waals surface area contributed by atoms with Crippen molar-refractivity contribution in [1.82, 2.24) is 25.3 Å². The molecule has 5 rings (SSSR count). The summed E-state index contributed by atoms with van der Waals surface area (Å²) in [7, 11) is 0. The van der Waals surface area contributed by atoms with Gasteiger partial charge in [0.15, 0.2) is 11.5 Å². The molecule has 0 spiro atoms. The number of nitrogens with zero attached hydrogens (tertiary/aromatic N) is 4. The summed E-state index contributed by atoms with van der Waals surface area (Å²) in [6.45, 7) is 1.61. The molecule has 1 N–H and O–H groups in total. The van der Waals surface area contributed by atoms with E-state index in [4.69, 9.17) is 4.52 Å². The van der Waals surface area contributed by atoms with Crippen molar-refractivity contribution in [3.05, 3.63) is 23.5 Å². The predicted molar refractivity (Wildman–Crippen MR) is 78.0 cm³/mol. The van der Waals surface area contributed by atoms with E-state index in [9.17, 15) is 8.78 Å². The summed E-state index contributed by atoms with van der Waals surface area (Å²) in [5, 5.41) is 10.8. The molecule has 25 heavy (non-hydrogen) atoms. The molecular formula is C15H11F2N5O3. The van der Waals surface area contributed by atoms with Gasteiger partial charge in [0.1, 0.15) is 5.82 Å². The molecule has 1 aliphatic heterocycles. The number of hydrogen-bond donors (Lipinski definition) is 1. The first-order valence-electron chi connectivity index (χ1n) is 7.66. The molecule has 0 atom stereocenters. The van der Waals surface area contributed by atoms with Crippen LogP contribution in [0, 0.1) is 6.92 Å². The predicted octanol–water partition coefficient (Wildman–Crippen LogP) is 3.03. The fourth-order valence-corrected chi connectivity index (χ4v) is 2.71. The van der Waals surface area contributed by atoms with Gasteiger partial charge in [-0.3, -0.25) is 5.10 Å². The molecular weight excluding hydrogens is 336 g/mol. The second kappa shape index (κ2) is 4.74. The molecule has 10 heteroatoms. The molecule has 0 unspecified atom stereocenters. The second-order valence-corrected chi connectivity index (χ2v) is 5.97. The number of rotatable bonds is 3. The Bertz CT molecular complexity index is 979. The number of aromatic nitrogens is 5. The molecule has 3 aromatic rings. The molecule has 1 aromatic carbocycles. The highest BCUT2D eigenvalue weighted by Gasteiger charge is 2.44. The van der Waals surface area contributed by atoms with E-state index in [2.05, 4.69) is 34.8 Å². The number of H-pyrrole nitrogens is 1. The Morgan fingerprint density at radius 1 is 1.16 bits per heavy atom. The van der Waals surface area contributed by atoms with Crippen molar-refractivity contribution in [2.45, 2.75) is 32.0 Å². The number of aromatic amines is 1. The van der Waals surface area contributed by atoms with Crippen molar-refractivity contribution in [2.75, 3.05) is 0 Å². The maximum Gasteiger partial charge on any atom is 0.586 e.